The Morgan fingerprint density at radius 3 is 1.97 bits per heavy atom. The largest absolute Gasteiger partial charge is 0.497 e. The van der Waals surface area contributed by atoms with Crippen LogP contribution in [0.1, 0.15) is 28.4 Å². The van der Waals surface area contributed by atoms with Gasteiger partial charge in [-0.25, -0.2) is 13.2 Å². The van der Waals surface area contributed by atoms with E-state index in [9.17, 15) is 13.2 Å². The molecule has 0 bridgehead atoms. The van der Waals surface area contributed by atoms with Crippen molar-refractivity contribution in [3.63, 3.8) is 0 Å². The standard InChI is InChI=1S/C24H25NO5S/c1-3-30-24(26)21-11-9-20(10-12-21)18-25(17-19-7-5-4-6-8-19)31(27,28)23-15-13-22(29-2)14-16-23/h4-16H,3,17-18H2,1-2H3. The highest BCUT2D eigenvalue weighted by Gasteiger charge is 2.25. The summed E-state index contributed by atoms with van der Waals surface area (Å²) >= 11 is 0. The number of hydrogen-bond acceptors (Lipinski definition) is 5. The van der Waals surface area contributed by atoms with E-state index in [-0.39, 0.29) is 18.0 Å². The maximum atomic E-state index is 13.4. The Kier molecular flexibility index (Phi) is 7.44. The third-order valence-corrected chi connectivity index (χ3v) is 6.53. The summed E-state index contributed by atoms with van der Waals surface area (Å²) in [5.41, 5.74) is 2.07. The van der Waals surface area contributed by atoms with Gasteiger partial charge in [0.15, 0.2) is 0 Å². The van der Waals surface area contributed by atoms with Gasteiger partial charge in [0.1, 0.15) is 5.75 Å². The molecule has 0 atom stereocenters. The number of esters is 1. The molecule has 7 heteroatoms. The normalized spacial score (nSPS) is 11.3. The monoisotopic (exact) mass is 439 g/mol. The molecule has 162 valence electrons. The Labute approximate surface area is 183 Å². The fourth-order valence-corrected chi connectivity index (χ4v) is 4.49. The molecular formula is C24H25NO5S. The molecule has 0 radical (unpaired) electrons. The molecular weight excluding hydrogens is 414 g/mol. The van der Waals surface area contributed by atoms with Crippen molar-refractivity contribution >= 4 is 16.0 Å². The van der Waals surface area contributed by atoms with Gasteiger partial charge in [0, 0.05) is 13.1 Å². The molecule has 0 aliphatic heterocycles. The molecule has 3 aromatic carbocycles. The van der Waals surface area contributed by atoms with Crippen molar-refractivity contribution in [1.82, 2.24) is 4.31 Å². The van der Waals surface area contributed by atoms with Crippen molar-refractivity contribution in [2.24, 2.45) is 0 Å². The van der Waals surface area contributed by atoms with Gasteiger partial charge in [-0.15, -0.1) is 0 Å². The predicted molar refractivity (Wildman–Crippen MR) is 118 cm³/mol. The van der Waals surface area contributed by atoms with Crippen LogP contribution in [0.5, 0.6) is 5.75 Å². The Morgan fingerprint density at radius 2 is 1.42 bits per heavy atom. The van der Waals surface area contributed by atoms with Crippen molar-refractivity contribution in [2.75, 3.05) is 13.7 Å². The summed E-state index contributed by atoms with van der Waals surface area (Å²) in [7, 11) is -2.24. The van der Waals surface area contributed by atoms with Gasteiger partial charge in [-0.1, -0.05) is 42.5 Å². The molecule has 31 heavy (non-hydrogen) atoms. The summed E-state index contributed by atoms with van der Waals surface area (Å²) in [5.74, 6) is 0.184. The second-order valence-electron chi connectivity index (χ2n) is 6.85. The van der Waals surface area contributed by atoms with Gasteiger partial charge in [-0.05, 0) is 54.4 Å². The molecule has 3 aromatic rings. The lowest BCUT2D eigenvalue weighted by Gasteiger charge is -2.23. The maximum Gasteiger partial charge on any atom is 0.338 e. The first kappa shape index (κ1) is 22.5. The van der Waals surface area contributed by atoms with Crippen molar-refractivity contribution in [2.45, 2.75) is 24.9 Å². The first-order chi connectivity index (χ1) is 14.9. The number of carbonyl (C=O) groups is 1. The molecule has 0 heterocycles. The van der Waals surface area contributed by atoms with Gasteiger partial charge >= 0.3 is 5.97 Å². The van der Waals surface area contributed by atoms with Crippen LogP contribution in [0.2, 0.25) is 0 Å². The predicted octanol–water partition coefficient (Wildman–Crippen LogP) is 4.26. The minimum atomic E-state index is -3.77. The Morgan fingerprint density at radius 1 is 0.839 bits per heavy atom. The highest BCUT2D eigenvalue weighted by molar-refractivity contribution is 7.89. The summed E-state index contributed by atoms with van der Waals surface area (Å²) in [4.78, 5) is 12.1. The summed E-state index contributed by atoms with van der Waals surface area (Å²) in [6.07, 6.45) is 0. The van der Waals surface area contributed by atoms with E-state index in [1.54, 1.807) is 43.3 Å². The first-order valence-corrected chi connectivity index (χ1v) is 11.3. The number of carbonyl (C=O) groups excluding carboxylic acids is 1. The minimum absolute atomic E-state index is 0.159. The van der Waals surface area contributed by atoms with Crippen LogP contribution in [0.3, 0.4) is 0 Å². The van der Waals surface area contributed by atoms with Gasteiger partial charge in [0.05, 0.1) is 24.2 Å². The summed E-state index contributed by atoms with van der Waals surface area (Å²) in [5, 5.41) is 0. The third kappa shape index (κ3) is 5.71. The fourth-order valence-electron chi connectivity index (χ4n) is 3.07. The molecule has 3 rings (SSSR count). The second-order valence-corrected chi connectivity index (χ2v) is 8.79. The van der Waals surface area contributed by atoms with Crippen molar-refractivity contribution < 1.29 is 22.7 Å². The first-order valence-electron chi connectivity index (χ1n) is 9.88. The molecule has 0 saturated carbocycles. The van der Waals surface area contributed by atoms with E-state index in [4.69, 9.17) is 9.47 Å². The highest BCUT2D eigenvalue weighted by atomic mass is 32.2. The molecule has 0 saturated heterocycles. The molecule has 0 N–H and O–H groups in total. The molecule has 0 spiro atoms. The fraction of sp³-hybridized carbons (Fsp3) is 0.208. The zero-order valence-corrected chi connectivity index (χ0v) is 18.3. The van der Waals surface area contributed by atoms with Gasteiger partial charge in [0.2, 0.25) is 10.0 Å². The number of hydrogen-bond donors (Lipinski definition) is 0. The van der Waals surface area contributed by atoms with Gasteiger partial charge in [0.25, 0.3) is 0 Å². The molecule has 0 aromatic heterocycles. The molecule has 0 aliphatic carbocycles. The summed E-state index contributed by atoms with van der Waals surface area (Å²) in [6, 6.07) is 22.5. The molecule has 6 nitrogen and oxygen atoms in total. The SMILES string of the molecule is CCOC(=O)c1ccc(CN(Cc2ccccc2)S(=O)(=O)c2ccc(OC)cc2)cc1. The zero-order valence-electron chi connectivity index (χ0n) is 17.5. The van der Waals surface area contributed by atoms with E-state index in [2.05, 4.69) is 0 Å². The van der Waals surface area contributed by atoms with E-state index in [0.29, 0.717) is 17.9 Å². The lowest BCUT2D eigenvalue weighted by atomic mass is 10.1. The van der Waals surface area contributed by atoms with E-state index < -0.39 is 16.0 Å². The van der Waals surface area contributed by atoms with Gasteiger partial charge < -0.3 is 9.47 Å². The molecule has 0 unspecified atom stereocenters. The number of nitrogens with zero attached hydrogens (tertiary/aromatic N) is 1. The van der Waals surface area contributed by atoms with Crippen LogP contribution < -0.4 is 4.74 Å². The lowest BCUT2D eigenvalue weighted by Crippen LogP contribution is -2.30. The molecule has 0 amide bonds. The Bertz CT molecular complexity index is 1090. The average Bonchev–Trinajstić information content (AvgIpc) is 2.80. The van der Waals surface area contributed by atoms with E-state index >= 15 is 0 Å². The van der Waals surface area contributed by atoms with Crippen LogP contribution in [-0.4, -0.2) is 32.4 Å². The van der Waals surface area contributed by atoms with Crippen molar-refractivity contribution in [1.29, 1.82) is 0 Å². The number of rotatable bonds is 9. The number of methoxy groups -OCH3 is 1. The van der Waals surface area contributed by atoms with E-state index in [1.807, 2.05) is 30.3 Å². The number of benzene rings is 3. The second kappa shape index (κ2) is 10.2. The average molecular weight is 440 g/mol. The van der Waals surface area contributed by atoms with Crippen LogP contribution in [-0.2, 0) is 27.8 Å². The minimum Gasteiger partial charge on any atom is -0.497 e. The van der Waals surface area contributed by atoms with Crippen LogP contribution in [0.4, 0.5) is 0 Å². The highest BCUT2D eigenvalue weighted by Crippen LogP contribution is 2.23. The van der Waals surface area contributed by atoms with E-state index in [0.717, 1.165) is 11.1 Å². The van der Waals surface area contributed by atoms with Crippen LogP contribution >= 0.6 is 0 Å². The lowest BCUT2D eigenvalue weighted by molar-refractivity contribution is 0.0526. The van der Waals surface area contributed by atoms with Gasteiger partial charge in [-0.2, -0.15) is 4.31 Å². The summed E-state index contributed by atoms with van der Waals surface area (Å²) < 4.78 is 38.4. The van der Waals surface area contributed by atoms with Crippen LogP contribution in [0.15, 0.2) is 83.8 Å². The number of ether oxygens (including phenoxy) is 2. The topological polar surface area (TPSA) is 72.9 Å². The maximum absolute atomic E-state index is 13.4. The third-order valence-electron chi connectivity index (χ3n) is 4.72. The molecule has 0 fully saturated rings. The van der Waals surface area contributed by atoms with Crippen molar-refractivity contribution in [3.05, 3.63) is 95.6 Å². The smallest absolute Gasteiger partial charge is 0.338 e. The van der Waals surface area contributed by atoms with Crippen LogP contribution in [0.25, 0.3) is 0 Å². The van der Waals surface area contributed by atoms with Gasteiger partial charge in [-0.3, -0.25) is 0 Å². The Hall–Kier alpha value is -3.16. The quantitative estimate of drug-likeness (QED) is 0.466. The van der Waals surface area contributed by atoms with E-state index in [1.165, 1.54) is 23.5 Å². The molecule has 0 aliphatic rings. The Balaban J connectivity index is 1.89. The number of sulfonamides is 1. The van der Waals surface area contributed by atoms with Crippen molar-refractivity contribution in [3.8, 4) is 5.75 Å². The zero-order chi connectivity index (χ0) is 22.3. The van der Waals surface area contributed by atoms with Crippen LogP contribution in [0, 0.1) is 0 Å². The summed E-state index contributed by atoms with van der Waals surface area (Å²) in [6.45, 7) is 2.42.